The van der Waals surface area contributed by atoms with Crippen molar-refractivity contribution in [2.24, 2.45) is 0 Å². The molecule has 0 bridgehead atoms. The van der Waals surface area contributed by atoms with Crippen molar-refractivity contribution in [3.63, 3.8) is 0 Å². The Labute approximate surface area is 109 Å². The minimum absolute atomic E-state index is 0.146. The smallest absolute Gasteiger partial charge is 0.419 e. The number of methoxy groups -OCH3 is 1. The van der Waals surface area contributed by atoms with E-state index in [0.29, 0.717) is 25.1 Å². The summed E-state index contributed by atoms with van der Waals surface area (Å²) in [5, 5.41) is 13.3. The van der Waals surface area contributed by atoms with Crippen molar-refractivity contribution in [1.82, 2.24) is 5.32 Å². The molecule has 0 spiro atoms. The molecule has 0 aliphatic carbocycles. The molecule has 1 fully saturated rings. The van der Waals surface area contributed by atoms with Gasteiger partial charge in [-0.1, -0.05) is 12.1 Å². The average molecular weight is 275 g/mol. The fourth-order valence-corrected chi connectivity index (χ4v) is 2.42. The van der Waals surface area contributed by atoms with Gasteiger partial charge in [-0.3, -0.25) is 0 Å². The summed E-state index contributed by atoms with van der Waals surface area (Å²) in [6.45, 7) is 1.05. The molecule has 3 nitrogen and oxygen atoms in total. The quantitative estimate of drug-likeness (QED) is 0.886. The summed E-state index contributed by atoms with van der Waals surface area (Å²) >= 11 is 0. The largest absolute Gasteiger partial charge is 0.496 e. The summed E-state index contributed by atoms with van der Waals surface area (Å²) in [4.78, 5) is 0. The van der Waals surface area contributed by atoms with E-state index in [1.807, 2.05) is 0 Å². The van der Waals surface area contributed by atoms with E-state index < -0.39 is 17.3 Å². The molecule has 0 aromatic heterocycles. The number of nitrogens with one attached hydrogen (secondary N) is 1. The molecule has 1 aromatic carbocycles. The predicted molar refractivity (Wildman–Crippen MR) is 64.1 cm³/mol. The SMILES string of the molecule is COc1c(CC2(O)CCNC2)cccc1C(F)(F)F. The minimum Gasteiger partial charge on any atom is -0.496 e. The number of aliphatic hydroxyl groups is 1. The van der Waals surface area contributed by atoms with Crippen LogP contribution < -0.4 is 10.1 Å². The number of hydrogen-bond acceptors (Lipinski definition) is 3. The first-order chi connectivity index (χ1) is 8.86. The maximum absolute atomic E-state index is 12.9. The molecule has 1 aliphatic rings. The Bertz CT molecular complexity index is 454. The van der Waals surface area contributed by atoms with Gasteiger partial charge in [-0.25, -0.2) is 0 Å². The first-order valence-electron chi connectivity index (χ1n) is 6.02. The Morgan fingerprint density at radius 2 is 2.16 bits per heavy atom. The van der Waals surface area contributed by atoms with Gasteiger partial charge < -0.3 is 15.2 Å². The van der Waals surface area contributed by atoms with Crippen molar-refractivity contribution in [2.45, 2.75) is 24.6 Å². The lowest BCUT2D eigenvalue weighted by Crippen LogP contribution is -2.34. The molecule has 1 saturated heterocycles. The summed E-state index contributed by atoms with van der Waals surface area (Å²) in [5.74, 6) is -0.199. The number of hydrogen-bond donors (Lipinski definition) is 2. The number of benzene rings is 1. The average Bonchev–Trinajstić information content (AvgIpc) is 2.74. The van der Waals surface area contributed by atoms with Gasteiger partial charge in [0.25, 0.3) is 0 Å². The predicted octanol–water partition coefficient (Wildman–Crippen LogP) is 1.98. The molecule has 106 valence electrons. The van der Waals surface area contributed by atoms with Crippen LogP contribution in [0.15, 0.2) is 18.2 Å². The fraction of sp³-hybridized carbons (Fsp3) is 0.538. The van der Waals surface area contributed by atoms with E-state index in [1.165, 1.54) is 13.2 Å². The summed E-state index contributed by atoms with van der Waals surface area (Å²) in [7, 11) is 1.21. The first kappa shape index (κ1) is 14.1. The third-order valence-electron chi connectivity index (χ3n) is 3.35. The molecule has 2 N–H and O–H groups in total. The van der Waals surface area contributed by atoms with Crippen LogP contribution >= 0.6 is 0 Å². The second-order valence-electron chi connectivity index (χ2n) is 4.82. The van der Waals surface area contributed by atoms with Gasteiger partial charge >= 0.3 is 6.18 Å². The van der Waals surface area contributed by atoms with E-state index in [0.717, 1.165) is 6.07 Å². The van der Waals surface area contributed by atoms with Crippen molar-refractivity contribution >= 4 is 0 Å². The molecular formula is C13H16F3NO2. The van der Waals surface area contributed by atoms with E-state index in [-0.39, 0.29) is 12.2 Å². The van der Waals surface area contributed by atoms with Crippen LogP contribution in [0.1, 0.15) is 17.5 Å². The number of para-hydroxylation sites is 1. The number of ether oxygens (including phenoxy) is 1. The van der Waals surface area contributed by atoms with Crippen LogP contribution in [-0.4, -0.2) is 30.9 Å². The molecule has 1 unspecified atom stereocenters. The molecule has 2 rings (SSSR count). The molecule has 1 aliphatic heterocycles. The standard InChI is InChI=1S/C13H16F3NO2/c1-19-11-9(7-12(18)5-6-17-8-12)3-2-4-10(11)13(14,15)16/h2-4,17-18H,5-8H2,1H3. The highest BCUT2D eigenvalue weighted by Gasteiger charge is 2.37. The van der Waals surface area contributed by atoms with Gasteiger partial charge in [0.1, 0.15) is 5.75 Å². The Hall–Kier alpha value is -1.27. The highest BCUT2D eigenvalue weighted by Crippen LogP contribution is 2.39. The van der Waals surface area contributed by atoms with Crippen molar-refractivity contribution < 1.29 is 23.0 Å². The Kier molecular flexibility index (Phi) is 3.73. The second-order valence-corrected chi connectivity index (χ2v) is 4.82. The molecule has 0 saturated carbocycles. The lowest BCUT2D eigenvalue weighted by molar-refractivity contribution is -0.138. The second kappa shape index (κ2) is 5.02. The Morgan fingerprint density at radius 3 is 2.68 bits per heavy atom. The summed E-state index contributed by atoms with van der Waals surface area (Å²) in [6, 6.07) is 3.88. The van der Waals surface area contributed by atoms with Crippen LogP contribution in [0, 0.1) is 0 Å². The Morgan fingerprint density at radius 1 is 1.42 bits per heavy atom. The van der Waals surface area contributed by atoms with Crippen LogP contribution in [0.25, 0.3) is 0 Å². The highest BCUT2D eigenvalue weighted by molar-refractivity contribution is 5.44. The molecule has 0 amide bonds. The van der Waals surface area contributed by atoms with E-state index in [1.54, 1.807) is 6.07 Å². The van der Waals surface area contributed by atoms with Gasteiger partial charge in [0.2, 0.25) is 0 Å². The lowest BCUT2D eigenvalue weighted by Gasteiger charge is -2.23. The van der Waals surface area contributed by atoms with Crippen LogP contribution in [0.5, 0.6) is 5.75 Å². The van der Waals surface area contributed by atoms with Gasteiger partial charge in [0, 0.05) is 13.0 Å². The molecular weight excluding hydrogens is 259 g/mol. The zero-order valence-electron chi connectivity index (χ0n) is 10.5. The molecule has 6 heteroatoms. The van der Waals surface area contributed by atoms with E-state index in [4.69, 9.17) is 4.74 Å². The summed E-state index contributed by atoms with van der Waals surface area (Å²) in [5.41, 5.74) is -1.43. The Balaban J connectivity index is 2.35. The third-order valence-corrected chi connectivity index (χ3v) is 3.35. The van der Waals surface area contributed by atoms with Crippen LogP contribution in [-0.2, 0) is 12.6 Å². The molecule has 0 radical (unpaired) electrons. The zero-order valence-corrected chi connectivity index (χ0v) is 10.5. The van der Waals surface area contributed by atoms with E-state index >= 15 is 0 Å². The first-order valence-corrected chi connectivity index (χ1v) is 6.02. The zero-order chi connectivity index (χ0) is 14.1. The van der Waals surface area contributed by atoms with Crippen LogP contribution in [0.2, 0.25) is 0 Å². The number of halogens is 3. The molecule has 1 heterocycles. The normalized spacial score (nSPS) is 23.6. The molecule has 1 aromatic rings. The van der Waals surface area contributed by atoms with Gasteiger partial charge in [0.15, 0.2) is 0 Å². The maximum Gasteiger partial charge on any atom is 0.419 e. The maximum atomic E-state index is 12.9. The van der Waals surface area contributed by atoms with Crippen LogP contribution in [0.3, 0.4) is 0 Å². The third kappa shape index (κ3) is 3.01. The number of β-amino-alcohol motifs (C(OH)–C–C–N with tert-alkyl or cyclic N) is 1. The number of rotatable bonds is 3. The van der Waals surface area contributed by atoms with Crippen molar-refractivity contribution in [3.05, 3.63) is 29.3 Å². The van der Waals surface area contributed by atoms with Crippen LogP contribution in [0.4, 0.5) is 13.2 Å². The van der Waals surface area contributed by atoms with Gasteiger partial charge in [-0.05, 0) is 24.6 Å². The summed E-state index contributed by atoms with van der Waals surface area (Å²) in [6.07, 6.45) is -3.79. The topological polar surface area (TPSA) is 41.5 Å². The fourth-order valence-electron chi connectivity index (χ4n) is 2.42. The monoisotopic (exact) mass is 275 g/mol. The van der Waals surface area contributed by atoms with Crippen molar-refractivity contribution in [3.8, 4) is 5.75 Å². The molecule has 19 heavy (non-hydrogen) atoms. The van der Waals surface area contributed by atoms with Gasteiger partial charge in [-0.15, -0.1) is 0 Å². The van der Waals surface area contributed by atoms with E-state index in [2.05, 4.69) is 5.32 Å². The molecule has 1 atom stereocenters. The highest BCUT2D eigenvalue weighted by atomic mass is 19.4. The van der Waals surface area contributed by atoms with Gasteiger partial charge in [-0.2, -0.15) is 13.2 Å². The summed E-state index contributed by atoms with van der Waals surface area (Å²) < 4.78 is 43.5. The minimum atomic E-state index is -4.46. The van der Waals surface area contributed by atoms with Crippen molar-refractivity contribution in [2.75, 3.05) is 20.2 Å². The van der Waals surface area contributed by atoms with E-state index in [9.17, 15) is 18.3 Å². The van der Waals surface area contributed by atoms with Gasteiger partial charge in [0.05, 0.1) is 18.3 Å². The number of alkyl halides is 3. The lowest BCUT2D eigenvalue weighted by atomic mass is 9.92. The van der Waals surface area contributed by atoms with Crippen molar-refractivity contribution in [1.29, 1.82) is 0 Å².